The molecule has 7 nitrogen and oxygen atoms in total. The van der Waals surface area contributed by atoms with Crippen molar-refractivity contribution in [1.29, 1.82) is 0 Å². The molecule has 1 aliphatic heterocycles. The van der Waals surface area contributed by atoms with Crippen molar-refractivity contribution in [3.63, 3.8) is 0 Å². The van der Waals surface area contributed by atoms with E-state index in [0.717, 1.165) is 27.0 Å². The standard InChI is InChI=1S/C21H20BrN5O2S2/c22-17-8-6-15(7-9-17)20-16(13-27(26-20)19-4-2-1-3-5-19)12-23-25-21(30)24-18-10-11-31(28,29)14-18/h1-9,12-13,18H,10-11,14H2,(H2,24,25,30)/b23-12+. The summed E-state index contributed by atoms with van der Waals surface area (Å²) in [5.74, 6) is 0.280. The van der Waals surface area contributed by atoms with Gasteiger partial charge in [0.2, 0.25) is 0 Å². The van der Waals surface area contributed by atoms with Crippen molar-refractivity contribution in [2.75, 3.05) is 11.5 Å². The fourth-order valence-corrected chi connectivity index (χ4v) is 5.47. The van der Waals surface area contributed by atoms with Gasteiger partial charge in [-0.3, -0.25) is 5.43 Å². The number of hydrogen-bond acceptors (Lipinski definition) is 5. The van der Waals surface area contributed by atoms with Gasteiger partial charge in [0.05, 0.1) is 23.4 Å². The molecule has 0 aliphatic carbocycles. The summed E-state index contributed by atoms with van der Waals surface area (Å²) in [6.07, 6.45) is 4.10. The van der Waals surface area contributed by atoms with Gasteiger partial charge in [-0.05, 0) is 42.9 Å². The second-order valence-electron chi connectivity index (χ2n) is 7.16. The van der Waals surface area contributed by atoms with Gasteiger partial charge in [0.15, 0.2) is 14.9 Å². The maximum absolute atomic E-state index is 11.6. The lowest BCUT2D eigenvalue weighted by Crippen LogP contribution is -2.40. The molecule has 1 fully saturated rings. The number of para-hydroxylation sites is 1. The van der Waals surface area contributed by atoms with E-state index in [2.05, 4.69) is 31.8 Å². The highest BCUT2D eigenvalue weighted by Crippen LogP contribution is 2.24. The zero-order chi connectivity index (χ0) is 21.8. The van der Waals surface area contributed by atoms with Crippen LogP contribution in [0.3, 0.4) is 0 Å². The summed E-state index contributed by atoms with van der Waals surface area (Å²) in [6.45, 7) is 0. The molecule has 1 saturated heterocycles. The second-order valence-corrected chi connectivity index (χ2v) is 10.7. The Hall–Kier alpha value is -2.56. The van der Waals surface area contributed by atoms with E-state index in [4.69, 9.17) is 17.3 Å². The molecule has 2 heterocycles. The van der Waals surface area contributed by atoms with Crippen LogP contribution < -0.4 is 10.7 Å². The van der Waals surface area contributed by atoms with Crippen molar-refractivity contribution in [2.24, 2.45) is 5.10 Å². The smallest absolute Gasteiger partial charge is 0.187 e. The summed E-state index contributed by atoms with van der Waals surface area (Å²) >= 11 is 8.70. The molecule has 10 heteroatoms. The van der Waals surface area contributed by atoms with Crippen LogP contribution in [-0.4, -0.2) is 47.1 Å². The molecule has 2 aromatic carbocycles. The summed E-state index contributed by atoms with van der Waals surface area (Å²) in [7, 11) is -2.97. The van der Waals surface area contributed by atoms with Crippen molar-refractivity contribution in [3.05, 3.63) is 70.8 Å². The lowest BCUT2D eigenvalue weighted by Gasteiger charge is -2.11. The first-order valence-corrected chi connectivity index (χ1v) is 12.6. The quantitative estimate of drug-likeness (QED) is 0.306. The van der Waals surface area contributed by atoms with E-state index in [1.54, 1.807) is 10.9 Å². The van der Waals surface area contributed by atoms with Gasteiger partial charge in [0.25, 0.3) is 0 Å². The van der Waals surface area contributed by atoms with Crippen LogP contribution in [0.15, 0.2) is 70.4 Å². The first-order chi connectivity index (χ1) is 14.9. The van der Waals surface area contributed by atoms with Gasteiger partial charge in [0, 0.05) is 27.8 Å². The van der Waals surface area contributed by atoms with E-state index in [1.807, 2.05) is 60.8 Å². The van der Waals surface area contributed by atoms with Gasteiger partial charge in [-0.1, -0.05) is 46.3 Å². The largest absolute Gasteiger partial charge is 0.358 e. The van der Waals surface area contributed by atoms with E-state index in [9.17, 15) is 8.42 Å². The van der Waals surface area contributed by atoms with Crippen LogP contribution in [0.5, 0.6) is 0 Å². The monoisotopic (exact) mass is 517 g/mol. The third-order valence-electron chi connectivity index (χ3n) is 4.82. The molecule has 0 amide bonds. The molecule has 160 valence electrons. The van der Waals surface area contributed by atoms with Crippen LogP contribution >= 0.6 is 28.1 Å². The molecule has 31 heavy (non-hydrogen) atoms. The van der Waals surface area contributed by atoms with Gasteiger partial charge < -0.3 is 5.32 Å². The Labute approximate surface area is 194 Å². The molecule has 2 N–H and O–H groups in total. The molecule has 0 saturated carbocycles. The minimum absolute atomic E-state index is 0.0933. The Kier molecular flexibility index (Phi) is 6.49. The zero-order valence-corrected chi connectivity index (χ0v) is 19.6. The minimum Gasteiger partial charge on any atom is -0.358 e. The molecule has 0 radical (unpaired) electrons. The predicted molar refractivity (Wildman–Crippen MR) is 130 cm³/mol. The minimum atomic E-state index is -2.97. The average Bonchev–Trinajstić information content (AvgIpc) is 3.32. The van der Waals surface area contributed by atoms with Gasteiger partial charge in [-0.25, -0.2) is 13.1 Å². The normalized spacial score (nSPS) is 17.6. The molecular formula is C21H20BrN5O2S2. The third kappa shape index (κ3) is 5.57. The van der Waals surface area contributed by atoms with Gasteiger partial charge >= 0.3 is 0 Å². The second kappa shape index (κ2) is 9.29. The Morgan fingerprint density at radius 1 is 1.19 bits per heavy atom. The van der Waals surface area contributed by atoms with E-state index in [0.29, 0.717) is 11.5 Å². The van der Waals surface area contributed by atoms with Crippen LogP contribution in [-0.2, 0) is 9.84 Å². The molecule has 1 aliphatic rings. The van der Waals surface area contributed by atoms with E-state index in [-0.39, 0.29) is 17.5 Å². The number of aromatic nitrogens is 2. The Morgan fingerprint density at radius 3 is 2.61 bits per heavy atom. The summed E-state index contributed by atoms with van der Waals surface area (Å²) in [5.41, 5.74) is 6.26. The van der Waals surface area contributed by atoms with Gasteiger partial charge in [-0.15, -0.1) is 0 Å². The Bertz CT molecular complexity index is 1210. The number of nitrogens with one attached hydrogen (secondary N) is 2. The summed E-state index contributed by atoms with van der Waals surface area (Å²) in [6, 6.07) is 17.5. The van der Waals surface area contributed by atoms with Gasteiger partial charge in [-0.2, -0.15) is 10.2 Å². The van der Waals surface area contributed by atoms with Crippen molar-refractivity contribution in [2.45, 2.75) is 12.5 Å². The number of benzene rings is 2. The fraction of sp³-hybridized carbons (Fsp3) is 0.190. The molecule has 0 spiro atoms. The molecule has 1 aromatic heterocycles. The molecule has 4 rings (SSSR count). The molecule has 1 atom stereocenters. The van der Waals surface area contributed by atoms with Crippen molar-refractivity contribution >= 4 is 49.3 Å². The van der Waals surface area contributed by atoms with E-state index in [1.165, 1.54) is 0 Å². The number of hydrazone groups is 1. The topological polar surface area (TPSA) is 88.4 Å². The van der Waals surface area contributed by atoms with Crippen LogP contribution in [0.2, 0.25) is 0 Å². The molecular weight excluding hydrogens is 498 g/mol. The van der Waals surface area contributed by atoms with Crippen molar-refractivity contribution in [1.82, 2.24) is 20.5 Å². The highest BCUT2D eigenvalue weighted by atomic mass is 79.9. The lowest BCUT2D eigenvalue weighted by molar-refractivity contribution is 0.600. The number of thiocarbonyl (C=S) groups is 1. The predicted octanol–water partition coefficient (Wildman–Crippen LogP) is 3.29. The van der Waals surface area contributed by atoms with Crippen molar-refractivity contribution in [3.8, 4) is 16.9 Å². The van der Waals surface area contributed by atoms with E-state index < -0.39 is 9.84 Å². The first-order valence-electron chi connectivity index (χ1n) is 9.61. The van der Waals surface area contributed by atoms with Crippen LogP contribution in [0.25, 0.3) is 16.9 Å². The van der Waals surface area contributed by atoms with Crippen LogP contribution in [0, 0.1) is 0 Å². The first kappa shape index (κ1) is 21.7. The highest BCUT2D eigenvalue weighted by Gasteiger charge is 2.28. The number of halogens is 1. The molecule has 1 unspecified atom stereocenters. The molecule has 3 aromatic rings. The number of hydrogen-bond donors (Lipinski definition) is 2. The van der Waals surface area contributed by atoms with Crippen LogP contribution in [0.4, 0.5) is 0 Å². The zero-order valence-electron chi connectivity index (χ0n) is 16.4. The summed E-state index contributed by atoms with van der Waals surface area (Å²) in [5, 5.41) is 12.3. The average molecular weight is 518 g/mol. The van der Waals surface area contributed by atoms with Crippen LogP contribution in [0.1, 0.15) is 12.0 Å². The third-order valence-corrected chi connectivity index (χ3v) is 7.32. The van der Waals surface area contributed by atoms with Crippen molar-refractivity contribution < 1.29 is 8.42 Å². The Balaban J connectivity index is 1.53. The highest BCUT2D eigenvalue weighted by molar-refractivity contribution is 9.10. The SMILES string of the molecule is O=S1(=O)CCC(NC(=S)N/N=C/c2cn(-c3ccccc3)nc2-c2ccc(Br)cc2)C1. The number of sulfone groups is 1. The maximum Gasteiger partial charge on any atom is 0.187 e. The fourth-order valence-electron chi connectivity index (χ4n) is 3.31. The molecule has 0 bridgehead atoms. The lowest BCUT2D eigenvalue weighted by atomic mass is 10.1. The summed E-state index contributed by atoms with van der Waals surface area (Å²) in [4.78, 5) is 0. The number of nitrogens with zero attached hydrogens (tertiary/aromatic N) is 3. The van der Waals surface area contributed by atoms with E-state index >= 15 is 0 Å². The van der Waals surface area contributed by atoms with Gasteiger partial charge in [0.1, 0.15) is 5.69 Å². The number of rotatable bonds is 5. The summed E-state index contributed by atoms with van der Waals surface area (Å²) < 4.78 is 26.0. The maximum atomic E-state index is 11.6. The Morgan fingerprint density at radius 2 is 1.94 bits per heavy atom.